The van der Waals surface area contributed by atoms with E-state index in [0.717, 1.165) is 22.3 Å². The normalized spacial score (nSPS) is 18.7. The Morgan fingerprint density at radius 2 is 1.92 bits per heavy atom. The monoisotopic (exact) mass is 352 g/mol. The van der Waals surface area contributed by atoms with E-state index in [1.807, 2.05) is 6.07 Å². The molecule has 3 aromatic rings. The molecule has 25 heavy (non-hydrogen) atoms. The third kappa shape index (κ3) is 3.04. The van der Waals surface area contributed by atoms with Crippen LogP contribution in [-0.4, -0.2) is 8.75 Å². The van der Waals surface area contributed by atoms with Gasteiger partial charge in [0.2, 0.25) is 0 Å². The minimum Gasteiger partial charge on any atom is -0.489 e. The van der Waals surface area contributed by atoms with Crippen LogP contribution in [0.15, 0.2) is 36.4 Å². The van der Waals surface area contributed by atoms with Crippen LogP contribution < -0.4 is 4.74 Å². The lowest BCUT2D eigenvalue weighted by Crippen LogP contribution is -2.13. The van der Waals surface area contributed by atoms with E-state index in [4.69, 9.17) is 4.74 Å². The van der Waals surface area contributed by atoms with Crippen LogP contribution in [0.4, 0.5) is 0 Å². The van der Waals surface area contributed by atoms with Crippen LogP contribution in [0.3, 0.4) is 0 Å². The highest BCUT2D eigenvalue weighted by Crippen LogP contribution is 2.49. The Morgan fingerprint density at radius 3 is 2.72 bits per heavy atom. The molecular weight excluding hydrogens is 328 g/mol. The van der Waals surface area contributed by atoms with Gasteiger partial charge in [0, 0.05) is 0 Å². The molecule has 1 atom stereocenters. The zero-order chi connectivity index (χ0) is 17.6. The summed E-state index contributed by atoms with van der Waals surface area (Å²) in [6.45, 7) is 9.90. The average molecular weight is 353 g/mol. The molecule has 0 bridgehead atoms. The molecular formula is C21H24N2OS. The van der Waals surface area contributed by atoms with Gasteiger partial charge in [-0.15, -0.1) is 0 Å². The molecule has 0 amide bonds. The van der Waals surface area contributed by atoms with E-state index in [1.54, 1.807) is 0 Å². The number of nitrogens with zero attached hydrogens (tertiary/aromatic N) is 2. The number of hydrogen-bond donors (Lipinski definition) is 0. The van der Waals surface area contributed by atoms with Crippen molar-refractivity contribution in [1.82, 2.24) is 8.75 Å². The van der Waals surface area contributed by atoms with Crippen molar-refractivity contribution in [3.8, 4) is 5.75 Å². The highest BCUT2D eigenvalue weighted by atomic mass is 32.1. The first-order chi connectivity index (χ1) is 11.9. The molecule has 1 aliphatic carbocycles. The third-order valence-corrected chi connectivity index (χ3v) is 5.97. The minimum absolute atomic E-state index is 0.255. The molecule has 2 aromatic carbocycles. The first kappa shape index (κ1) is 16.5. The summed E-state index contributed by atoms with van der Waals surface area (Å²) in [5.41, 5.74) is 6.23. The van der Waals surface area contributed by atoms with Crippen LogP contribution in [-0.2, 0) is 12.0 Å². The summed E-state index contributed by atoms with van der Waals surface area (Å²) >= 11 is 1.25. The predicted octanol–water partition coefficient (Wildman–Crippen LogP) is 5.69. The van der Waals surface area contributed by atoms with Gasteiger partial charge >= 0.3 is 0 Å². The van der Waals surface area contributed by atoms with Crippen LogP contribution in [0, 0.1) is 5.92 Å². The van der Waals surface area contributed by atoms with Gasteiger partial charge in [-0.2, -0.15) is 8.75 Å². The molecule has 0 aliphatic heterocycles. The SMILES string of the molecule is CC(C)[C@H]1CC(C)(C)c2ccc(OCc3ccc4nsnc4c3)cc21. The molecule has 0 radical (unpaired) electrons. The maximum atomic E-state index is 6.09. The topological polar surface area (TPSA) is 35.0 Å². The summed E-state index contributed by atoms with van der Waals surface area (Å²) in [7, 11) is 0. The molecule has 130 valence electrons. The minimum atomic E-state index is 0.255. The zero-order valence-corrected chi connectivity index (χ0v) is 16.1. The number of hydrogen-bond acceptors (Lipinski definition) is 4. The van der Waals surface area contributed by atoms with Gasteiger partial charge in [0.15, 0.2) is 0 Å². The van der Waals surface area contributed by atoms with E-state index in [1.165, 1.54) is 29.3 Å². The van der Waals surface area contributed by atoms with E-state index in [0.29, 0.717) is 18.4 Å². The van der Waals surface area contributed by atoms with E-state index in [-0.39, 0.29) is 5.41 Å². The fraction of sp³-hybridized carbons (Fsp3) is 0.429. The van der Waals surface area contributed by atoms with E-state index >= 15 is 0 Å². The maximum absolute atomic E-state index is 6.09. The fourth-order valence-electron chi connectivity index (χ4n) is 4.00. The van der Waals surface area contributed by atoms with Crippen LogP contribution in [0.2, 0.25) is 0 Å². The summed E-state index contributed by atoms with van der Waals surface area (Å²) in [6.07, 6.45) is 1.22. The van der Waals surface area contributed by atoms with Crippen molar-refractivity contribution < 1.29 is 4.74 Å². The lowest BCUT2D eigenvalue weighted by Gasteiger charge is -2.20. The molecule has 1 aromatic heterocycles. The summed E-state index contributed by atoms with van der Waals surface area (Å²) in [4.78, 5) is 0. The quantitative estimate of drug-likeness (QED) is 0.605. The standard InChI is InChI=1S/C21H24N2OS/c1-13(2)17-11-21(3,4)18-7-6-15(10-16(17)18)24-12-14-5-8-19-20(9-14)23-25-22-19/h5-10,13,17H,11-12H2,1-4H3/t17-/m1/s1. The molecule has 0 spiro atoms. The number of aromatic nitrogens is 2. The Kier molecular flexibility index (Phi) is 4.03. The van der Waals surface area contributed by atoms with Gasteiger partial charge < -0.3 is 4.74 Å². The number of ether oxygens (including phenoxy) is 1. The summed E-state index contributed by atoms with van der Waals surface area (Å²) in [5, 5.41) is 0. The van der Waals surface area contributed by atoms with Gasteiger partial charge in [-0.1, -0.05) is 39.8 Å². The van der Waals surface area contributed by atoms with E-state index in [9.17, 15) is 0 Å². The van der Waals surface area contributed by atoms with Crippen molar-refractivity contribution in [2.75, 3.05) is 0 Å². The van der Waals surface area contributed by atoms with Gasteiger partial charge in [-0.25, -0.2) is 0 Å². The van der Waals surface area contributed by atoms with Crippen LogP contribution in [0.25, 0.3) is 11.0 Å². The first-order valence-electron chi connectivity index (χ1n) is 8.92. The zero-order valence-electron chi connectivity index (χ0n) is 15.2. The Hall–Kier alpha value is -1.94. The largest absolute Gasteiger partial charge is 0.489 e. The molecule has 3 nitrogen and oxygen atoms in total. The van der Waals surface area contributed by atoms with Crippen LogP contribution in [0.1, 0.15) is 56.7 Å². The second-order valence-corrected chi connectivity index (χ2v) is 8.59. The Bertz CT molecular complexity index is 913. The molecule has 0 unspecified atom stereocenters. The molecule has 4 rings (SSSR count). The smallest absolute Gasteiger partial charge is 0.120 e. The molecule has 4 heteroatoms. The lowest BCUT2D eigenvalue weighted by molar-refractivity contribution is 0.305. The Labute approximate surface area is 153 Å². The van der Waals surface area contributed by atoms with Crippen molar-refractivity contribution in [3.63, 3.8) is 0 Å². The van der Waals surface area contributed by atoms with Crippen molar-refractivity contribution >= 4 is 22.8 Å². The van der Waals surface area contributed by atoms with Crippen LogP contribution in [0.5, 0.6) is 5.75 Å². The molecule has 1 aliphatic rings. The van der Waals surface area contributed by atoms with E-state index in [2.05, 4.69) is 66.8 Å². The van der Waals surface area contributed by atoms with Gasteiger partial charge in [0.1, 0.15) is 23.4 Å². The summed E-state index contributed by atoms with van der Waals surface area (Å²) in [6, 6.07) is 12.8. The van der Waals surface area contributed by atoms with Crippen molar-refractivity contribution in [1.29, 1.82) is 0 Å². The van der Waals surface area contributed by atoms with E-state index < -0.39 is 0 Å². The van der Waals surface area contributed by atoms with Crippen molar-refractivity contribution in [2.24, 2.45) is 5.92 Å². The second kappa shape index (κ2) is 6.10. The predicted molar refractivity (Wildman–Crippen MR) is 103 cm³/mol. The molecule has 0 N–H and O–H groups in total. The third-order valence-electron chi connectivity index (χ3n) is 5.41. The average Bonchev–Trinajstić information content (AvgIpc) is 3.14. The van der Waals surface area contributed by atoms with Crippen molar-refractivity contribution in [3.05, 3.63) is 53.1 Å². The molecule has 0 saturated carbocycles. The fourth-order valence-corrected chi connectivity index (χ4v) is 4.52. The Balaban J connectivity index is 1.56. The van der Waals surface area contributed by atoms with Crippen LogP contribution >= 0.6 is 11.7 Å². The second-order valence-electron chi connectivity index (χ2n) is 8.06. The lowest BCUT2D eigenvalue weighted by atomic mass is 9.84. The Morgan fingerprint density at radius 1 is 1.12 bits per heavy atom. The highest BCUT2D eigenvalue weighted by Gasteiger charge is 2.38. The molecule has 1 heterocycles. The van der Waals surface area contributed by atoms with Gasteiger partial charge in [0.25, 0.3) is 0 Å². The first-order valence-corrected chi connectivity index (χ1v) is 9.65. The van der Waals surface area contributed by atoms with Gasteiger partial charge in [0.05, 0.1) is 11.7 Å². The number of fused-ring (bicyclic) bond motifs is 2. The number of benzene rings is 2. The molecule has 0 saturated heterocycles. The molecule has 0 fully saturated rings. The summed E-state index contributed by atoms with van der Waals surface area (Å²) in [5.74, 6) is 2.22. The van der Waals surface area contributed by atoms with Gasteiger partial charge in [-0.05, 0) is 64.6 Å². The number of rotatable bonds is 4. The summed E-state index contributed by atoms with van der Waals surface area (Å²) < 4.78 is 14.6. The van der Waals surface area contributed by atoms with Gasteiger partial charge in [-0.3, -0.25) is 0 Å². The maximum Gasteiger partial charge on any atom is 0.120 e. The highest BCUT2D eigenvalue weighted by molar-refractivity contribution is 7.00. The van der Waals surface area contributed by atoms with Crippen molar-refractivity contribution in [2.45, 2.75) is 52.1 Å².